The Hall–Kier alpha value is -1.48. The van der Waals surface area contributed by atoms with Crippen LogP contribution in [0.15, 0.2) is 47.6 Å². The van der Waals surface area contributed by atoms with Gasteiger partial charge in [0.05, 0.1) is 27.0 Å². The van der Waals surface area contributed by atoms with Gasteiger partial charge in [0.15, 0.2) is 0 Å². The molecule has 0 aliphatic heterocycles. The SMILES string of the molecule is CS(=O)(=O)N(CC(=O)NCCSc1ccccn1)c1cccc(Cl)c1Cl. The first-order valence-corrected chi connectivity index (χ1v) is 11.1. The lowest BCUT2D eigenvalue weighted by Gasteiger charge is -2.23. The lowest BCUT2D eigenvalue weighted by molar-refractivity contribution is -0.119. The number of halogens is 2. The van der Waals surface area contributed by atoms with Crippen molar-refractivity contribution in [3.8, 4) is 0 Å². The van der Waals surface area contributed by atoms with Gasteiger partial charge in [-0.2, -0.15) is 0 Å². The molecule has 1 amide bonds. The third kappa shape index (κ3) is 6.05. The highest BCUT2D eigenvalue weighted by molar-refractivity contribution is 7.99. The summed E-state index contributed by atoms with van der Waals surface area (Å²) in [4.78, 5) is 16.3. The molecular weight excluding hydrogens is 417 g/mol. The Bertz CT molecular complexity index is 864. The van der Waals surface area contributed by atoms with E-state index in [1.165, 1.54) is 17.8 Å². The second kappa shape index (κ2) is 9.45. The molecule has 10 heteroatoms. The van der Waals surface area contributed by atoms with Gasteiger partial charge in [0.2, 0.25) is 15.9 Å². The van der Waals surface area contributed by atoms with Crippen molar-refractivity contribution >= 4 is 56.6 Å². The van der Waals surface area contributed by atoms with Crippen LogP contribution in [0.1, 0.15) is 0 Å². The summed E-state index contributed by atoms with van der Waals surface area (Å²) in [6.45, 7) is -0.00585. The molecule has 0 aliphatic rings. The number of carbonyl (C=O) groups excluding carboxylic acids is 1. The first-order chi connectivity index (χ1) is 12.3. The van der Waals surface area contributed by atoms with Crippen molar-refractivity contribution in [1.29, 1.82) is 0 Å². The van der Waals surface area contributed by atoms with E-state index in [1.54, 1.807) is 18.3 Å². The Balaban J connectivity index is 1.96. The summed E-state index contributed by atoms with van der Waals surface area (Å²) in [5.41, 5.74) is 0.166. The van der Waals surface area contributed by atoms with Gasteiger partial charge in [-0.05, 0) is 24.3 Å². The van der Waals surface area contributed by atoms with Gasteiger partial charge in [-0.3, -0.25) is 9.10 Å². The monoisotopic (exact) mass is 433 g/mol. The van der Waals surface area contributed by atoms with Gasteiger partial charge in [-0.1, -0.05) is 35.3 Å². The summed E-state index contributed by atoms with van der Waals surface area (Å²) in [6, 6.07) is 10.2. The number of hydrogen-bond acceptors (Lipinski definition) is 5. The molecule has 6 nitrogen and oxygen atoms in total. The van der Waals surface area contributed by atoms with Crippen LogP contribution in [-0.4, -0.2) is 44.4 Å². The molecule has 0 spiro atoms. The fourth-order valence-electron chi connectivity index (χ4n) is 2.03. The smallest absolute Gasteiger partial charge is 0.240 e. The highest BCUT2D eigenvalue weighted by Gasteiger charge is 2.23. The number of benzene rings is 1. The maximum atomic E-state index is 12.2. The number of pyridine rings is 1. The third-order valence-corrected chi connectivity index (χ3v) is 6.08. The van der Waals surface area contributed by atoms with E-state index in [4.69, 9.17) is 23.2 Å². The van der Waals surface area contributed by atoms with Crippen molar-refractivity contribution in [1.82, 2.24) is 10.3 Å². The zero-order valence-electron chi connectivity index (χ0n) is 13.9. The maximum Gasteiger partial charge on any atom is 0.240 e. The Kier molecular flexibility index (Phi) is 7.57. The number of anilines is 1. The summed E-state index contributed by atoms with van der Waals surface area (Å²) >= 11 is 13.5. The lowest BCUT2D eigenvalue weighted by atomic mass is 10.3. The van der Waals surface area contributed by atoms with E-state index in [1.807, 2.05) is 18.2 Å². The van der Waals surface area contributed by atoms with Crippen molar-refractivity contribution in [2.75, 3.05) is 29.4 Å². The fraction of sp³-hybridized carbons (Fsp3) is 0.250. The second-order valence-corrected chi connectivity index (χ2v) is 9.02. The number of nitrogens with one attached hydrogen (secondary N) is 1. The summed E-state index contributed by atoms with van der Waals surface area (Å²) < 4.78 is 25.1. The molecule has 0 fully saturated rings. The summed E-state index contributed by atoms with van der Waals surface area (Å²) in [5, 5.41) is 3.84. The van der Waals surface area contributed by atoms with Crippen LogP contribution in [0.3, 0.4) is 0 Å². The zero-order chi connectivity index (χ0) is 19.2. The quantitative estimate of drug-likeness (QED) is 0.510. The van der Waals surface area contributed by atoms with E-state index in [0.29, 0.717) is 12.3 Å². The molecule has 2 aromatic rings. The minimum Gasteiger partial charge on any atom is -0.354 e. The molecule has 0 saturated carbocycles. The zero-order valence-corrected chi connectivity index (χ0v) is 17.0. The molecule has 1 aromatic carbocycles. The van der Waals surface area contributed by atoms with Crippen molar-refractivity contribution in [2.45, 2.75) is 5.03 Å². The Morgan fingerprint density at radius 1 is 1.23 bits per heavy atom. The van der Waals surface area contributed by atoms with Crippen molar-refractivity contribution in [3.05, 3.63) is 52.6 Å². The first kappa shape index (κ1) is 20.8. The normalized spacial score (nSPS) is 11.2. The number of sulfonamides is 1. The van der Waals surface area contributed by atoms with Crippen LogP contribution in [0, 0.1) is 0 Å². The van der Waals surface area contributed by atoms with E-state index >= 15 is 0 Å². The number of nitrogens with zero attached hydrogens (tertiary/aromatic N) is 2. The predicted octanol–water partition coefficient (Wildman–Crippen LogP) is 3.06. The highest BCUT2D eigenvalue weighted by Crippen LogP contribution is 2.33. The first-order valence-electron chi connectivity index (χ1n) is 7.51. The van der Waals surface area contributed by atoms with Gasteiger partial charge in [0.25, 0.3) is 0 Å². The number of hydrogen-bond donors (Lipinski definition) is 1. The highest BCUT2D eigenvalue weighted by atomic mass is 35.5. The number of rotatable bonds is 8. The Morgan fingerprint density at radius 3 is 2.65 bits per heavy atom. The molecule has 1 heterocycles. The molecule has 0 saturated heterocycles. The molecule has 1 aromatic heterocycles. The standard InChI is InChI=1S/C16H17Cl2N3O3S2/c1-26(23,24)21(13-6-4-5-12(17)16(13)18)11-14(22)19-9-10-25-15-7-2-3-8-20-15/h2-8H,9-11H2,1H3,(H,19,22). The molecule has 26 heavy (non-hydrogen) atoms. The van der Waals surface area contributed by atoms with E-state index in [-0.39, 0.29) is 22.3 Å². The molecule has 0 bridgehead atoms. The van der Waals surface area contributed by atoms with Gasteiger partial charge in [0.1, 0.15) is 6.54 Å². The van der Waals surface area contributed by atoms with Crippen LogP contribution in [0.25, 0.3) is 0 Å². The Morgan fingerprint density at radius 2 is 2.00 bits per heavy atom. The topological polar surface area (TPSA) is 79.4 Å². The number of aromatic nitrogens is 1. The van der Waals surface area contributed by atoms with E-state index in [2.05, 4.69) is 10.3 Å². The van der Waals surface area contributed by atoms with Gasteiger partial charge >= 0.3 is 0 Å². The molecule has 0 atom stereocenters. The molecule has 0 radical (unpaired) electrons. The van der Waals surface area contributed by atoms with Crippen molar-refractivity contribution in [3.63, 3.8) is 0 Å². The van der Waals surface area contributed by atoms with Crippen LogP contribution in [0.4, 0.5) is 5.69 Å². The third-order valence-electron chi connectivity index (χ3n) is 3.20. The van der Waals surface area contributed by atoms with Gasteiger partial charge in [0, 0.05) is 18.5 Å². The molecule has 0 unspecified atom stereocenters. The minimum absolute atomic E-state index is 0.0816. The van der Waals surface area contributed by atoms with Gasteiger partial charge < -0.3 is 5.32 Å². The van der Waals surface area contributed by atoms with Crippen LogP contribution in [0.5, 0.6) is 0 Å². The number of carbonyl (C=O) groups is 1. The Labute approximate surface area is 166 Å². The average Bonchev–Trinajstić information content (AvgIpc) is 2.59. The van der Waals surface area contributed by atoms with Crippen LogP contribution in [-0.2, 0) is 14.8 Å². The van der Waals surface area contributed by atoms with E-state index in [0.717, 1.165) is 15.6 Å². The summed E-state index contributed by atoms with van der Waals surface area (Å²) in [6.07, 6.45) is 2.70. The number of thioether (sulfide) groups is 1. The molecule has 0 aliphatic carbocycles. The largest absolute Gasteiger partial charge is 0.354 e. The summed E-state index contributed by atoms with van der Waals surface area (Å²) in [5.74, 6) is 0.174. The van der Waals surface area contributed by atoms with Crippen LogP contribution < -0.4 is 9.62 Å². The minimum atomic E-state index is -3.71. The predicted molar refractivity (Wildman–Crippen MR) is 107 cm³/mol. The van der Waals surface area contributed by atoms with Crippen molar-refractivity contribution in [2.24, 2.45) is 0 Å². The van der Waals surface area contributed by atoms with Crippen molar-refractivity contribution < 1.29 is 13.2 Å². The second-order valence-electron chi connectivity index (χ2n) is 5.21. The van der Waals surface area contributed by atoms with Crippen LogP contribution in [0.2, 0.25) is 10.0 Å². The van der Waals surface area contributed by atoms with E-state index < -0.39 is 15.9 Å². The van der Waals surface area contributed by atoms with Gasteiger partial charge in [-0.25, -0.2) is 13.4 Å². The molecule has 140 valence electrons. The fourth-order valence-corrected chi connectivity index (χ4v) is 4.06. The number of amides is 1. The lowest BCUT2D eigenvalue weighted by Crippen LogP contribution is -2.41. The van der Waals surface area contributed by atoms with Gasteiger partial charge in [-0.15, -0.1) is 11.8 Å². The maximum absolute atomic E-state index is 12.2. The summed E-state index contributed by atoms with van der Waals surface area (Å²) in [7, 11) is -3.71. The molecule has 2 rings (SSSR count). The molecular formula is C16H17Cl2N3O3S2. The van der Waals surface area contributed by atoms with Crippen LogP contribution >= 0.6 is 35.0 Å². The van der Waals surface area contributed by atoms with E-state index in [9.17, 15) is 13.2 Å². The molecule has 1 N–H and O–H groups in total. The average molecular weight is 434 g/mol.